The molecule has 84 valence electrons. The molecule has 0 spiro atoms. The minimum atomic E-state index is 0.473. The van der Waals surface area contributed by atoms with Crippen molar-refractivity contribution in [1.29, 1.82) is 0 Å². The first-order chi connectivity index (χ1) is 6.64. The van der Waals surface area contributed by atoms with Crippen molar-refractivity contribution in [2.45, 2.75) is 31.4 Å². The van der Waals surface area contributed by atoms with Crippen LogP contribution in [0, 0.1) is 0 Å². The van der Waals surface area contributed by atoms with Gasteiger partial charge in [0.1, 0.15) is 0 Å². The summed E-state index contributed by atoms with van der Waals surface area (Å²) in [4.78, 5) is 2.62. The molecule has 2 nitrogen and oxygen atoms in total. The van der Waals surface area contributed by atoms with Gasteiger partial charge in [-0.2, -0.15) is 11.8 Å². The third-order valence-electron chi connectivity index (χ3n) is 2.66. The summed E-state index contributed by atoms with van der Waals surface area (Å²) in [6.45, 7) is 9.71. The lowest BCUT2D eigenvalue weighted by molar-refractivity contribution is 0.255. The molecule has 1 aliphatic rings. The van der Waals surface area contributed by atoms with Crippen molar-refractivity contribution >= 4 is 11.8 Å². The van der Waals surface area contributed by atoms with Gasteiger partial charge in [-0.05, 0) is 46.8 Å². The van der Waals surface area contributed by atoms with Gasteiger partial charge in [-0.1, -0.05) is 0 Å². The Bertz CT molecular complexity index is 159. The number of hydrogen-bond acceptors (Lipinski definition) is 3. The summed E-state index contributed by atoms with van der Waals surface area (Å²) in [6, 6.07) is 0. The summed E-state index contributed by atoms with van der Waals surface area (Å²) >= 11 is 2.11. The minimum Gasteiger partial charge on any atom is -0.320 e. The lowest BCUT2D eigenvalue weighted by Crippen LogP contribution is -2.43. The molecule has 0 amide bonds. The number of thioether (sulfide) groups is 1. The third-order valence-corrected chi connectivity index (χ3v) is 3.95. The van der Waals surface area contributed by atoms with E-state index in [9.17, 15) is 0 Å². The van der Waals surface area contributed by atoms with Crippen LogP contribution in [0.25, 0.3) is 0 Å². The fourth-order valence-electron chi connectivity index (χ4n) is 1.94. The van der Waals surface area contributed by atoms with Crippen molar-refractivity contribution in [3.8, 4) is 0 Å². The molecule has 0 aliphatic carbocycles. The fraction of sp³-hybridized carbons (Fsp3) is 1.00. The van der Waals surface area contributed by atoms with Crippen LogP contribution in [0.3, 0.4) is 0 Å². The highest BCUT2D eigenvalue weighted by atomic mass is 32.2. The van der Waals surface area contributed by atoms with E-state index in [1.165, 1.54) is 38.2 Å². The van der Waals surface area contributed by atoms with Gasteiger partial charge in [0.05, 0.1) is 0 Å². The second-order valence-corrected chi connectivity index (χ2v) is 6.50. The lowest BCUT2D eigenvalue weighted by Gasteiger charge is -2.37. The molecule has 1 N–H and O–H groups in total. The Morgan fingerprint density at radius 1 is 1.36 bits per heavy atom. The SMILES string of the molecule is CNCCCCN1CCSC(C)(C)C1. The molecule has 0 radical (unpaired) electrons. The standard InChI is InChI=1S/C11H24N2S/c1-11(2)10-13(8-9-14-11)7-5-4-6-12-3/h12H,4-10H2,1-3H3. The van der Waals surface area contributed by atoms with E-state index in [4.69, 9.17) is 0 Å². The lowest BCUT2D eigenvalue weighted by atomic mass is 10.1. The van der Waals surface area contributed by atoms with Gasteiger partial charge in [0, 0.05) is 23.6 Å². The smallest absolute Gasteiger partial charge is 0.0231 e. The second-order valence-electron chi connectivity index (χ2n) is 4.69. The summed E-state index contributed by atoms with van der Waals surface area (Å²) in [6.07, 6.45) is 2.64. The molecule has 1 saturated heterocycles. The number of rotatable bonds is 5. The third kappa shape index (κ3) is 4.67. The summed E-state index contributed by atoms with van der Waals surface area (Å²) in [5.74, 6) is 1.30. The molecule has 0 aromatic rings. The zero-order valence-electron chi connectivity index (χ0n) is 9.81. The van der Waals surface area contributed by atoms with Crippen LogP contribution in [0.15, 0.2) is 0 Å². The minimum absolute atomic E-state index is 0.473. The quantitative estimate of drug-likeness (QED) is 0.706. The molecule has 14 heavy (non-hydrogen) atoms. The van der Waals surface area contributed by atoms with Crippen LogP contribution in [-0.4, -0.2) is 48.6 Å². The Balaban J connectivity index is 2.12. The van der Waals surface area contributed by atoms with Crippen molar-refractivity contribution in [1.82, 2.24) is 10.2 Å². The van der Waals surface area contributed by atoms with Gasteiger partial charge in [0.2, 0.25) is 0 Å². The molecule has 1 heterocycles. The van der Waals surface area contributed by atoms with Crippen molar-refractivity contribution in [2.75, 3.05) is 39.0 Å². The van der Waals surface area contributed by atoms with Crippen LogP contribution < -0.4 is 5.32 Å². The van der Waals surface area contributed by atoms with Crippen LogP contribution >= 0.6 is 11.8 Å². The maximum absolute atomic E-state index is 3.20. The second kappa shape index (κ2) is 5.99. The number of nitrogens with one attached hydrogen (secondary N) is 1. The predicted molar refractivity (Wildman–Crippen MR) is 66.1 cm³/mol. The first kappa shape index (κ1) is 12.3. The van der Waals surface area contributed by atoms with Crippen LogP contribution in [0.5, 0.6) is 0 Å². The molecule has 3 heteroatoms. The zero-order valence-corrected chi connectivity index (χ0v) is 10.6. The van der Waals surface area contributed by atoms with Gasteiger partial charge in [-0.15, -0.1) is 0 Å². The first-order valence-corrected chi connectivity index (χ1v) is 6.63. The summed E-state index contributed by atoms with van der Waals surface area (Å²) in [5, 5.41) is 3.20. The average molecular weight is 216 g/mol. The van der Waals surface area contributed by atoms with E-state index in [1.54, 1.807) is 0 Å². The molecule has 0 atom stereocenters. The van der Waals surface area contributed by atoms with Gasteiger partial charge >= 0.3 is 0 Å². The van der Waals surface area contributed by atoms with E-state index < -0.39 is 0 Å². The Kier molecular flexibility index (Phi) is 5.28. The molecule has 0 unspecified atom stereocenters. The number of nitrogens with zero attached hydrogens (tertiary/aromatic N) is 1. The monoisotopic (exact) mass is 216 g/mol. The van der Waals surface area contributed by atoms with E-state index in [-0.39, 0.29) is 0 Å². The van der Waals surface area contributed by atoms with Gasteiger partial charge < -0.3 is 10.2 Å². The van der Waals surface area contributed by atoms with Crippen molar-refractivity contribution in [2.24, 2.45) is 0 Å². The summed E-state index contributed by atoms with van der Waals surface area (Å²) in [5.41, 5.74) is 0. The molecule has 0 aromatic heterocycles. The van der Waals surface area contributed by atoms with Gasteiger partial charge in [-0.25, -0.2) is 0 Å². The first-order valence-electron chi connectivity index (χ1n) is 5.65. The highest BCUT2D eigenvalue weighted by molar-refractivity contribution is 8.00. The summed E-state index contributed by atoms with van der Waals surface area (Å²) in [7, 11) is 2.03. The largest absolute Gasteiger partial charge is 0.320 e. The maximum Gasteiger partial charge on any atom is 0.0231 e. The van der Waals surface area contributed by atoms with Crippen LogP contribution in [0.1, 0.15) is 26.7 Å². The van der Waals surface area contributed by atoms with E-state index >= 15 is 0 Å². The van der Waals surface area contributed by atoms with Gasteiger partial charge in [-0.3, -0.25) is 0 Å². The van der Waals surface area contributed by atoms with Gasteiger partial charge in [0.15, 0.2) is 0 Å². The molecular weight excluding hydrogens is 192 g/mol. The van der Waals surface area contributed by atoms with Crippen molar-refractivity contribution in [3.63, 3.8) is 0 Å². The molecule has 0 saturated carbocycles. The Morgan fingerprint density at radius 2 is 2.14 bits per heavy atom. The topological polar surface area (TPSA) is 15.3 Å². The van der Waals surface area contributed by atoms with Gasteiger partial charge in [0.25, 0.3) is 0 Å². The Labute approximate surface area is 92.8 Å². The highest BCUT2D eigenvalue weighted by Crippen LogP contribution is 2.29. The normalized spacial score (nSPS) is 22.5. The van der Waals surface area contributed by atoms with E-state index in [0.717, 1.165) is 6.54 Å². The molecule has 0 bridgehead atoms. The average Bonchev–Trinajstić information content (AvgIpc) is 2.11. The molecular formula is C11H24N2S. The van der Waals surface area contributed by atoms with Crippen molar-refractivity contribution in [3.05, 3.63) is 0 Å². The molecule has 1 rings (SSSR count). The highest BCUT2D eigenvalue weighted by Gasteiger charge is 2.26. The van der Waals surface area contributed by atoms with Crippen LogP contribution in [0.2, 0.25) is 0 Å². The number of unbranched alkanes of at least 4 members (excludes halogenated alkanes) is 1. The molecule has 0 aromatic carbocycles. The fourth-order valence-corrected chi connectivity index (χ4v) is 3.12. The molecule has 1 aliphatic heterocycles. The van der Waals surface area contributed by atoms with Crippen LogP contribution in [0.4, 0.5) is 0 Å². The number of hydrogen-bond donors (Lipinski definition) is 1. The maximum atomic E-state index is 3.20. The van der Waals surface area contributed by atoms with E-state index in [0.29, 0.717) is 4.75 Å². The van der Waals surface area contributed by atoms with Crippen molar-refractivity contribution < 1.29 is 0 Å². The zero-order chi connectivity index (χ0) is 10.4. The van der Waals surface area contributed by atoms with E-state index in [2.05, 4.69) is 35.8 Å². The predicted octanol–water partition coefficient (Wildman–Crippen LogP) is 1.81. The molecule has 1 fully saturated rings. The summed E-state index contributed by atoms with van der Waals surface area (Å²) < 4.78 is 0.473. The van der Waals surface area contributed by atoms with Crippen LogP contribution in [-0.2, 0) is 0 Å². The Morgan fingerprint density at radius 3 is 2.79 bits per heavy atom. The van der Waals surface area contributed by atoms with E-state index in [1.807, 2.05) is 7.05 Å². The Hall–Kier alpha value is 0.270.